The summed E-state index contributed by atoms with van der Waals surface area (Å²) in [5.41, 5.74) is 7.42. The summed E-state index contributed by atoms with van der Waals surface area (Å²) in [6, 6.07) is 1.19. The Balaban J connectivity index is 1.13. The zero-order valence-corrected chi connectivity index (χ0v) is 24.6. The van der Waals surface area contributed by atoms with Gasteiger partial charge in [-0.15, -0.1) is 13.2 Å². The maximum Gasteiger partial charge on any atom is 0.573 e. The van der Waals surface area contributed by atoms with Crippen molar-refractivity contribution in [3.63, 3.8) is 0 Å². The Kier molecular flexibility index (Phi) is 8.61. The van der Waals surface area contributed by atoms with Crippen molar-refractivity contribution < 1.29 is 23.0 Å². The molecule has 0 radical (unpaired) electrons. The molecule has 0 spiro atoms. The standard InChI is InChI=1S/C30H45F3N6O2/c1-4-9-37-11-13-39(14-12-37)29-18-28(19-29,20-29)8-6-5-7-10-38-17-23(36-27(38)25(40)21(2)3)22-15-24(26(34)35-16-22)41-30(31,32)33/h15-17,21,25,40H,4-14,18-20H2,1-3H3,(H2,34,35). The molecule has 4 fully saturated rings. The minimum absolute atomic E-state index is 0.0658. The number of hydrogen-bond acceptors (Lipinski definition) is 7. The molecule has 1 saturated heterocycles. The number of piperazine rings is 1. The molecule has 11 heteroatoms. The van der Waals surface area contributed by atoms with Gasteiger partial charge < -0.3 is 25.0 Å². The minimum Gasteiger partial charge on any atom is -0.402 e. The molecule has 228 valence electrons. The molecule has 1 aliphatic heterocycles. The number of unbranched alkanes of at least 4 members (excludes halogenated alkanes) is 2. The van der Waals surface area contributed by atoms with Crippen LogP contribution in [0.1, 0.15) is 84.1 Å². The van der Waals surface area contributed by atoms with Crippen molar-refractivity contribution in [2.75, 3.05) is 38.5 Å². The fourth-order valence-corrected chi connectivity index (χ4v) is 7.34. The van der Waals surface area contributed by atoms with Gasteiger partial charge in [0.1, 0.15) is 11.9 Å². The van der Waals surface area contributed by atoms with Crippen molar-refractivity contribution in [1.82, 2.24) is 24.3 Å². The molecule has 8 nitrogen and oxygen atoms in total. The highest BCUT2D eigenvalue weighted by Gasteiger charge is 2.69. The van der Waals surface area contributed by atoms with Crippen molar-refractivity contribution in [3.8, 4) is 17.0 Å². The van der Waals surface area contributed by atoms with Crippen LogP contribution in [0.5, 0.6) is 5.75 Å². The second-order valence-corrected chi connectivity index (χ2v) is 12.9. The van der Waals surface area contributed by atoms with Gasteiger partial charge in [-0.3, -0.25) is 4.90 Å². The average Bonchev–Trinajstić information content (AvgIpc) is 3.29. The van der Waals surface area contributed by atoms with Crippen molar-refractivity contribution >= 4 is 5.82 Å². The van der Waals surface area contributed by atoms with Crippen LogP contribution in [0, 0.1) is 11.3 Å². The summed E-state index contributed by atoms with van der Waals surface area (Å²) in [6.07, 6.45) is 7.28. The predicted molar refractivity (Wildman–Crippen MR) is 152 cm³/mol. The lowest BCUT2D eigenvalue weighted by Gasteiger charge is -2.75. The second kappa shape index (κ2) is 11.7. The molecule has 0 aromatic carbocycles. The highest BCUT2D eigenvalue weighted by Crippen LogP contribution is 2.71. The van der Waals surface area contributed by atoms with Crippen molar-refractivity contribution in [2.45, 2.75) is 96.7 Å². The second-order valence-electron chi connectivity index (χ2n) is 12.9. The van der Waals surface area contributed by atoms with Gasteiger partial charge in [-0.2, -0.15) is 0 Å². The van der Waals surface area contributed by atoms with Crippen LogP contribution in [-0.2, 0) is 6.54 Å². The van der Waals surface area contributed by atoms with Gasteiger partial charge in [-0.05, 0) is 62.5 Å². The number of aliphatic hydroxyl groups is 1. The number of anilines is 1. The van der Waals surface area contributed by atoms with Crippen LogP contribution in [0.3, 0.4) is 0 Å². The van der Waals surface area contributed by atoms with Crippen LogP contribution >= 0.6 is 0 Å². The zero-order chi connectivity index (χ0) is 29.4. The number of rotatable bonds is 13. The van der Waals surface area contributed by atoms with E-state index < -0.39 is 18.2 Å². The number of nitrogens with two attached hydrogens (primary N) is 1. The Morgan fingerprint density at radius 3 is 2.41 bits per heavy atom. The van der Waals surface area contributed by atoms with Crippen molar-refractivity contribution in [1.29, 1.82) is 0 Å². The monoisotopic (exact) mass is 578 g/mol. The summed E-state index contributed by atoms with van der Waals surface area (Å²) in [5.74, 6) is -0.476. The number of nitrogen functional groups attached to an aromatic ring is 1. The highest BCUT2D eigenvalue weighted by molar-refractivity contribution is 5.63. The molecule has 3 heterocycles. The fraction of sp³-hybridized carbons (Fsp3) is 0.733. The van der Waals surface area contributed by atoms with Gasteiger partial charge in [0.25, 0.3) is 0 Å². The number of alkyl halides is 3. The summed E-state index contributed by atoms with van der Waals surface area (Å²) in [5, 5.41) is 10.8. The molecule has 3 saturated carbocycles. The third-order valence-electron chi connectivity index (χ3n) is 9.41. The number of ether oxygens (including phenoxy) is 1. The first-order valence-corrected chi connectivity index (χ1v) is 15.2. The van der Waals surface area contributed by atoms with Gasteiger partial charge in [0, 0.05) is 56.2 Å². The van der Waals surface area contributed by atoms with E-state index in [4.69, 9.17) is 5.73 Å². The van der Waals surface area contributed by atoms with Gasteiger partial charge >= 0.3 is 6.36 Å². The predicted octanol–water partition coefficient (Wildman–Crippen LogP) is 5.63. The van der Waals surface area contributed by atoms with E-state index in [0.29, 0.717) is 34.6 Å². The number of pyridine rings is 1. The van der Waals surface area contributed by atoms with E-state index in [0.717, 1.165) is 12.8 Å². The molecular weight excluding hydrogens is 533 g/mol. The third-order valence-corrected chi connectivity index (χ3v) is 9.41. The number of nitrogens with zero attached hydrogens (tertiary/aromatic N) is 5. The van der Waals surface area contributed by atoms with E-state index in [1.807, 2.05) is 18.4 Å². The van der Waals surface area contributed by atoms with Crippen LogP contribution in [-0.4, -0.2) is 74.1 Å². The first-order valence-electron chi connectivity index (χ1n) is 15.2. The van der Waals surface area contributed by atoms with Gasteiger partial charge in [-0.1, -0.05) is 33.6 Å². The SMILES string of the molecule is CCCN1CCN(C23CC(CCCCCn4cc(-c5cnc(N)c(OC(F)(F)F)c5)nc4C(O)C(C)C)(C2)C3)CC1. The minimum atomic E-state index is -4.88. The maximum absolute atomic E-state index is 12.8. The molecule has 6 rings (SSSR count). The Bertz CT molecular complexity index is 1170. The molecule has 3 aliphatic carbocycles. The molecule has 4 aliphatic rings. The average molecular weight is 579 g/mol. The van der Waals surface area contributed by atoms with Gasteiger partial charge in [0.05, 0.1) is 5.69 Å². The maximum atomic E-state index is 12.8. The first-order chi connectivity index (χ1) is 19.4. The molecule has 2 aromatic rings. The lowest BCUT2D eigenvalue weighted by molar-refractivity contribution is -0.274. The first kappa shape index (κ1) is 30.1. The Morgan fingerprint density at radius 1 is 1.07 bits per heavy atom. The molecular formula is C30H45F3N6O2. The van der Waals surface area contributed by atoms with Crippen LogP contribution in [0.25, 0.3) is 11.3 Å². The largest absolute Gasteiger partial charge is 0.573 e. The molecule has 2 bridgehead atoms. The summed E-state index contributed by atoms with van der Waals surface area (Å²) in [4.78, 5) is 13.8. The highest BCUT2D eigenvalue weighted by atomic mass is 19.4. The third kappa shape index (κ3) is 6.51. The molecule has 1 atom stereocenters. The number of aryl methyl sites for hydroxylation is 1. The molecule has 0 amide bonds. The normalized spacial score (nSPS) is 25.7. The van der Waals surface area contributed by atoms with Gasteiger partial charge in [-0.25, -0.2) is 9.97 Å². The molecule has 1 unspecified atom stereocenters. The summed E-state index contributed by atoms with van der Waals surface area (Å²) in [6.45, 7) is 12.8. The number of halogens is 3. The van der Waals surface area contributed by atoms with E-state index in [1.54, 1.807) is 6.20 Å². The molecule has 2 aromatic heterocycles. The Hall–Kier alpha value is -2.37. The van der Waals surface area contributed by atoms with Crippen molar-refractivity contribution in [2.24, 2.45) is 11.3 Å². The Morgan fingerprint density at radius 2 is 1.78 bits per heavy atom. The lowest BCUT2D eigenvalue weighted by atomic mass is 9.37. The van der Waals surface area contributed by atoms with E-state index in [9.17, 15) is 18.3 Å². The number of aliphatic hydroxyl groups excluding tert-OH is 1. The van der Waals surface area contributed by atoms with Crippen LogP contribution in [0.15, 0.2) is 18.5 Å². The van der Waals surface area contributed by atoms with E-state index in [-0.39, 0.29) is 11.7 Å². The van der Waals surface area contributed by atoms with Crippen LogP contribution in [0.4, 0.5) is 19.0 Å². The van der Waals surface area contributed by atoms with Crippen molar-refractivity contribution in [3.05, 3.63) is 24.3 Å². The number of aromatic nitrogens is 3. The Labute approximate surface area is 241 Å². The summed E-state index contributed by atoms with van der Waals surface area (Å²) >= 11 is 0. The van der Waals surface area contributed by atoms with E-state index in [1.165, 1.54) is 83.5 Å². The quantitative estimate of drug-likeness (QED) is 0.298. The summed E-state index contributed by atoms with van der Waals surface area (Å²) < 4.78 is 44.4. The molecule has 41 heavy (non-hydrogen) atoms. The van der Waals surface area contributed by atoms with Gasteiger partial charge in [0.2, 0.25) is 0 Å². The fourth-order valence-electron chi connectivity index (χ4n) is 7.34. The number of hydrogen-bond donors (Lipinski definition) is 2. The number of imidazole rings is 1. The molecule has 3 N–H and O–H groups in total. The van der Waals surface area contributed by atoms with E-state index >= 15 is 0 Å². The van der Waals surface area contributed by atoms with Crippen LogP contribution < -0.4 is 10.5 Å². The van der Waals surface area contributed by atoms with Crippen LogP contribution in [0.2, 0.25) is 0 Å². The topological polar surface area (TPSA) is 92.7 Å². The van der Waals surface area contributed by atoms with E-state index in [2.05, 4.69) is 31.4 Å². The lowest BCUT2D eigenvalue weighted by Crippen LogP contribution is -2.76. The zero-order valence-electron chi connectivity index (χ0n) is 24.6. The van der Waals surface area contributed by atoms with Gasteiger partial charge in [0.15, 0.2) is 11.6 Å². The smallest absolute Gasteiger partial charge is 0.402 e. The summed E-state index contributed by atoms with van der Waals surface area (Å²) in [7, 11) is 0.